The van der Waals surface area contributed by atoms with E-state index in [1.807, 2.05) is 5.38 Å². The molecule has 3 nitrogen and oxygen atoms in total. The second-order valence-electron chi connectivity index (χ2n) is 3.16. The van der Waals surface area contributed by atoms with Gasteiger partial charge in [0.2, 0.25) is 0 Å². The maximum Gasteiger partial charge on any atom is 0.306 e. The predicted molar refractivity (Wildman–Crippen MR) is 66.3 cm³/mol. The standard InChI is InChI=1S/C12H15NO2S/c1-4-9(3)10-8-16-11(13-10)6-7-12(14)15-5-2/h4,8H,1,3,5-7H2,2H3. The number of aryl methyl sites for hydroxylation is 1. The lowest BCUT2D eigenvalue weighted by Gasteiger charge is -1.99. The van der Waals surface area contributed by atoms with Crippen LogP contribution in [0, 0.1) is 0 Å². The molecule has 0 spiro atoms. The molecule has 0 radical (unpaired) electrons. The summed E-state index contributed by atoms with van der Waals surface area (Å²) in [5, 5.41) is 2.84. The highest BCUT2D eigenvalue weighted by atomic mass is 32.1. The molecule has 0 aliphatic carbocycles. The molecule has 0 aliphatic rings. The predicted octanol–water partition coefficient (Wildman–Crippen LogP) is 2.84. The smallest absolute Gasteiger partial charge is 0.306 e. The summed E-state index contributed by atoms with van der Waals surface area (Å²) >= 11 is 1.53. The quantitative estimate of drug-likeness (QED) is 0.564. The van der Waals surface area contributed by atoms with Gasteiger partial charge in [-0.05, 0) is 12.5 Å². The van der Waals surface area contributed by atoms with Crippen molar-refractivity contribution in [1.29, 1.82) is 0 Å². The molecule has 86 valence electrons. The Morgan fingerprint density at radius 1 is 1.69 bits per heavy atom. The van der Waals surface area contributed by atoms with E-state index in [2.05, 4.69) is 18.1 Å². The normalized spacial score (nSPS) is 9.81. The summed E-state index contributed by atoms with van der Waals surface area (Å²) in [4.78, 5) is 15.5. The average Bonchev–Trinajstić information content (AvgIpc) is 2.74. The van der Waals surface area contributed by atoms with Gasteiger partial charge in [-0.1, -0.05) is 19.2 Å². The Labute approximate surface area is 99.5 Å². The van der Waals surface area contributed by atoms with E-state index < -0.39 is 0 Å². The summed E-state index contributed by atoms with van der Waals surface area (Å²) in [6.07, 6.45) is 2.67. The summed E-state index contributed by atoms with van der Waals surface area (Å²) < 4.78 is 4.84. The van der Waals surface area contributed by atoms with Gasteiger partial charge in [-0.2, -0.15) is 0 Å². The van der Waals surface area contributed by atoms with Gasteiger partial charge in [0.25, 0.3) is 0 Å². The van der Waals surface area contributed by atoms with Crippen molar-refractivity contribution in [3.05, 3.63) is 35.3 Å². The molecular weight excluding hydrogens is 222 g/mol. The van der Waals surface area contributed by atoms with Crippen LogP contribution >= 0.6 is 11.3 Å². The molecule has 0 fully saturated rings. The molecule has 0 unspecified atom stereocenters. The third kappa shape index (κ3) is 3.62. The van der Waals surface area contributed by atoms with E-state index >= 15 is 0 Å². The molecule has 0 aliphatic heterocycles. The van der Waals surface area contributed by atoms with Crippen molar-refractivity contribution < 1.29 is 9.53 Å². The minimum absolute atomic E-state index is 0.179. The number of ether oxygens (including phenoxy) is 1. The van der Waals surface area contributed by atoms with Crippen molar-refractivity contribution >= 4 is 22.9 Å². The van der Waals surface area contributed by atoms with Gasteiger partial charge >= 0.3 is 5.97 Å². The van der Waals surface area contributed by atoms with Crippen molar-refractivity contribution in [2.45, 2.75) is 19.8 Å². The average molecular weight is 237 g/mol. The van der Waals surface area contributed by atoms with Crippen molar-refractivity contribution in [2.24, 2.45) is 0 Å². The zero-order valence-corrected chi connectivity index (χ0v) is 10.2. The lowest BCUT2D eigenvalue weighted by molar-refractivity contribution is -0.143. The molecule has 1 rings (SSSR count). The van der Waals surface area contributed by atoms with E-state index in [9.17, 15) is 4.79 Å². The van der Waals surface area contributed by atoms with E-state index in [1.165, 1.54) is 11.3 Å². The first-order valence-electron chi connectivity index (χ1n) is 5.09. The van der Waals surface area contributed by atoms with Gasteiger partial charge in [0.1, 0.15) is 0 Å². The fraction of sp³-hybridized carbons (Fsp3) is 0.333. The number of hydrogen-bond donors (Lipinski definition) is 0. The van der Waals surface area contributed by atoms with Crippen LogP contribution in [-0.4, -0.2) is 17.6 Å². The molecule has 0 bridgehead atoms. The number of hydrogen-bond acceptors (Lipinski definition) is 4. The third-order valence-corrected chi connectivity index (χ3v) is 2.88. The number of aromatic nitrogens is 1. The van der Waals surface area contributed by atoms with Gasteiger partial charge in [0, 0.05) is 11.8 Å². The van der Waals surface area contributed by atoms with Gasteiger partial charge in [0.15, 0.2) is 0 Å². The van der Waals surface area contributed by atoms with Gasteiger partial charge < -0.3 is 4.74 Å². The number of carbonyl (C=O) groups is 1. The maximum absolute atomic E-state index is 11.1. The Balaban J connectivity index is 2.49. The number of nitrogens with zero attached hydrogens (tertiary/aromatic N) is 1. The Morgan fingerprint density at radius 2 is 2.44 bits per heavy atom. The van der Waals surface area contributed by atoms with Crippen molar-refractivity contribution in [3.8, 4) is 0 Å². The van der Waals surface area contributed by atoms with Crippen molar-refractivity contribution in [2.75, 3.05) is 6.61 Å². The Hall–Kier alpha value is -1.42. The highest BCUT2D eigenvalue weighted by molar-refractivity contribution is 7.09. The van der Waals surface area contributed by atoms with Gasteiger partial charge in [0.05, 0.1) is 23.7 Å². The van der Waals surface area contributed by atoms with Crippen molar-refractivity contribution in [3.63, 3.8) is 0 Å². The Morgan fingerprint density at radius 3 is 3.06 bits per heavy atom. The first-order valence-corrected chi connectivity index (χ1v) is 5.97. The Bertz CT molecular complexity index is 395. The largest absolute Gasteiger partial charge is 0.466 e. The molecule has 0 aromatic carbocycles. The first-order chi connectivity index (χ1) is 7.67. The van der Waals surface area contributed by atoms with Crippen molar-refractivity contribution in [1.82, 2.24) is 4.98 Å². The first kappa shape index (κ1) is 12.6. The number of esters is 1. The van der Waals surface area contributed by atoms with Crippen LogP contribution < -0.4 is 0 Å². The zero-order valence-electron chi connectivity index (χ0n) is 9.36. The number of rotatable bonds is 6. The zero-order chi connectivity index (χ0) is 12.0. The van der Waals surface area contributed by atoms with E-state index in [1.54, 1.807) is 13.0 Å². The number of allylic oxidation sites excluding steroid dienone is 2. The second kappa shape index (κ2) is 6.23. The molecule has 0 saturated heterocycles. The number of thiazole rings is 1. The summed E-state index contributed by atoms with van der Waals surface area (Å²) in [7, 11) is 0. The van der Waals surface area contributed by atoms with E-state index in [0.717, 1.165) is 16.3 Å². The molecular formula is C12H15NO2S. The van der Waals surface area contributed by atoms with Crippen LogP contribution in [0.3, 0.4) is 0 Å². The van der Waals surface area contributed by atoms with Crippen LogP contribution in [0.1, 0.15) is 24.0 Å². The molecule has 4 heteroatoms. The SMILES string of the molecule is C=CC(=C)c1csc(CCC(=O)OCC)n1. The fourth-order valence-electron chi connectivity index (χ4n) is 1.12. The molecule has 1 aromatic heterocycles. The molecule has 0 saturated carbocycles. The third-order valence-electron chi connectivity index (χ3n) is 1.98. The highest BCUT2D eigenvalue weighted by Crippen LogP contribution is 2.18. The summed E-state index contributed by atoms with van der Waals surface area (Å²) in [6.45, 7) is 9.68. The summed E-state index contributed by atoms with van der Waals surface area (Å²) in [6, 6.07) is 0. The molecule has 1 heterocycles. The van der Waals surface area contributed by atoms with Gasteiger partial charge in [-0.15, -0.1) is 11.3 Å². The van der Waals surface area contributed by atoms with Crippen LogP contribution in [0.15, 0.2) is 24.6 Å². The van der Waals surface area contributed by atoms with Crippen LogP contribution in [0.2, 0.25) is 0 Å². The second-order valence-corrected chi connectivity index (χ2v) is 4.10. The number of carbonyl (C=O) groups excluding carboxylic acids is 1. The summed E-state index contributed by atoms with van der Waals surface area (Å²) in [5.74, 6) is -0.179. The molecule has 0 amide bonds. The summed E-state index contributed by atoms with van der Waals surface area (Å²) in [5.41, 5.74) is 1.64. The topological polar surface area (TPSA) is 39.2 Å². The lowest BCUT2D eigenvalue weighted by Crippen LogP contribution is -2.04. The molecule has 1 aromatic rings. The Kier molecular flexibility index (Phi) is 4.92. The van der Waals surface area contributed by atoms with E-state index in [0.29, 0.717) is 19.4 Å². The van der Waals surface area contributed by atoms with Gasteiger partial charge in [-0.25, -0.2) is 4.98 Å². The monoisotopic (exact) mass is 237 g/mol. The minimum atomic E-state index is -0.179. The van der Waals surface area contributed by atoms with Crippen LogP contribution in [-0.2, 0) is 16.0 Å². The maximum atomic E-state index is 11.1. The van der Waals surface area contributed by atoms with E-state index in [-0.39, 0.29) is 5.97 Å². The van der Waals surface area contributed by atoms with Crippen LogP contribution in [0.4, 0.5) is 0 Å². The molecule has 0 atom stereocenters. The van der Waals surface area contributed by atoms with Crippen LogP contribution in [0.25, 0.3) is 5.57 Å². The van der Waals surface area contributed by atoms with E-state index in [4.69, 9.17) is 4.74 Å². The van der Waals surface area contributed by atoms with Gasteiger partial charge in [-0.3, -0.25) is 4.79 Å². The molecule has 16 heavy (non-hydrogen) atoms. The minimum Gasteiger partial charge on any atom is -0.466 e. The highest BCUT2D eigenvalue weighted by Gasteiger charge is 2.07. The fourth-order valence-corrected chi connectivity index (χ4v) is 1.94. The lowest BCUT2D eigenvalue weighted by atomic mass is 10.2. The molecule has 0 N–H and O–H groups in total. The van der Waals surface area contributed by atoms with Crippen LogP contribution in [0.5, 0.6) is 0 Å².